The van der Waals surface area contributed by atoms with Crippen LogP contribution in [0.4, 0.5) is 5.69 Å². The third kappa shape index (κ3) is 4.79. The van der Waals surface area contributed by atoms with Crippen molar-refractivity contribution in [1.29, 1.82) is 0 Å². The average molecular weight is 353 g/mol. The highest BCUT2D eigenvalue weighted by atomic mass is 16.3. The largest absolute Gasteiger partial charge is 0.508 e. The molecule has 0 aliphatic carbocycles. The predicted molar refractivity (Wildman–Crippen MR) is 100 cm³/mol. The summed E-state index contributed by atoms with van der Waals surface area (Å²) in [6.07, 6.45) is 0.0293. The van der Waals surface area contributed by atoms with Gasteiger partial charge in [-0.05, 0) is 56.2 Å². The molecule has 0 fully saturated rings. The maximum Gasteiger partial charge on any atom is 0.224 e. The molecule has 0 bridgehead atoms. The summed E-state index contributed by atoms with van der Waals surface area (Å²) < 4.78 is 0. The Morgan fingerprint density at radius 2 is 1.54 bits per heavy atom. The monoisotopic (exact) mass is 353 g/mol. The molecular weight excluding hydrogens is 330 g/mol. The molecule has 2 aromatic rings. The lowest BCUT2D eigenvalue weighted by Crippen LogP contribution is -2.23. The molecule has 136 valence electrons. The van der Waals surface area contributed by atoms with Crippen LogP contribution in [0.3, 0.4) is 0 Å². The molecule has 0 unspecified atom stereocenters. The fourth-order valence-corrected chi connectivity index (χ4v) is 2.69. The van der Waals surface area contributed by atoms with Crippen molar-refractivity contribution in [2.24, 2.45) is 5.92 Å². The minimum absolute atomic E-state index is 0.00174. The molecule has 0 aromatic heterocycles. The number of anilines is 1. The zero-order chi connectivity index (χ0) is 19.3. The molecule has 0 aliphatic rings. The van der Waals surface area contributed by atoms with E-state index in [2.05, 4.69) is 5.32 Å². The number of aromatic hydroxyl groups is 1. The van der Waals surface area contributed by atoms with E-state index in [9.17, 15) is 19.5 Å². The molecule has 0 aliphatic heterocycles. The van der Waals surface area contributed by atoms with Crippen molar-refractivity contribution in [3.05, 3.63) is 59.2 Å². The van der Waals surface area contributed by atoms with Crippen LogP contribution in [0.1, 0.15) is 41.3 Å². The first-order valence-electron chi connectivity index (χ1n) is 8.51. The lowest BCUT2D eigenvalue weighted by molar-refractivity contribution is -0.124. The average Bonchev–Trinajstić information content (AvgIpc) is 2.62. The lowest BCUT2D eigenvalue weighted by Gasteiger charge is -2.12. The van der Waals surface area contributed by atoms with E-state index in [1.807, 2.05) is 32.0 Å². The molecule has 2 aromatic carbocycles. The highest BCUT2D eigenvalue weighted by Gasteiger charge is 2.23. The number of para-hydroxylation sites is 1. The molecule has 26 heavy (non-hydrogen) atoms. The second-order valence-electron chi connectivity index (χ2n) is 6.41. The van der Waals surface area contributed by atoms with Gasteiger partial charge in [-0.1, -0.05) is 18.2 Å². The summed E-state index contributed by atoms with van der Waals surface area (Å²) in [4.78, 5) is 36.7. The fraction of sp³-hybridized carbons (Fsp3) is 0.286. The van der Waals surface area contributed by atoms with E-state index in [-0.39, 0.29) is 36.1 Å². The van der Waals surface area contributed by atoms with E-state index in [1.54, 1.807) is 6.92 Å². The normalized spacial score (nSPS) is 11.7. The van der Waals surface area contributed by atoms with E-state index in [1.165, 1.54) is 24.3 Å². The number of phenols is 1. The molecule has 1 amide bonds. The van der Waals surface area contributed by atoms with Gasteiger partial charge in [0.1, 0.15) is 11.5 Å². The van der Waals surface area contributed by atoms with Crippen molar-refractivity contribution in [1.82, 2.24) is 0 Å². The van der Waals surface area contributed by atoms with Crippen molar-refractivity contribution in [3.8, 4) is 5.75 Å². The van der Waals surface area contributed by atoms with E-state index in [0.29, 0.717) is 5.56 Å². The van der Waals surface area contributed by atoms with Crippen LogP contribution in [-0.2, 0) is 9.59 Å². The first-order valence-corrected chi connectivity index (χ1v) is 8.51. The topological polar surface area (TPSA) is 83.5 Å². The minimum Gasteiger partial charge on any atom is -0.508 e. The first-order chi connectivity index (χ1) is 12.3. The zero-order valence-electron chi connectivity index (χ0n) is 15.2. The van der Waals surface area contributed by atoms with Gasteiger partial charge in [0, 0.05) is 24.1 Å². The van der Waals surface area contributed by atoms with Crippen LogP contribution in [0.5, 0.6) is 5.75 Å². The summed E-state index contributed by atoms with van der Waals surface area (Å²) in [6, 6.07) is 11.5. The van der Waals surface area contributed by atoms with E-state index in [4.69, 9.17) is 0 Å². The molecular formula is C21H23NO4. The van der Waals surface area contributed by atoms with Gasteiger partial charge in [0.05, 0.1) is 5.92 Å². The Morgan fingerprint density at radius 3 is 2.12 bits per heavy atom. The summed E-state index contributed by atoms with van der Waals surface area (Å²) >= 11 is 0. The Balaban J connectivity index is 1.92. The first kappa shape index (κ1) is 19.4. The highest BCUT2D eigenvalue weighted by molar-refractivity contribution is 6.11. The molecule has 0 heterocycles. The van der Waals surface area contributed by atoms with Crippen LogP contribution < -0.4 is 5.32 Å². The predicted octanol–water partition coefficient (Wildman–Crippen LogP) is 3.82. The van der Waals surface area contributed by atoms with Crippen LogP contribution in [0.25, 0.3) is 0 Å². The van der Waals surface area contributed by atoms with Gasteiger partial charge in [-0.2, -0.15) is 0 Å². The van der Waals surface area contributed by atoms with Gasteiger partial charge in [-0.15, -0.1) is 0 Å². The number of rotatable bonds is 7. The van der Waals surface area contributed by atoms with Crippen molar-refractivity contribution >= 4 is 23.2 Å². The van der Waals surface area contributed by atoms with Gasteiger partial charge >= 0.3 is 0 Å². The summed E-state index contributed by atoms with van der Waals surface area (Å²) in [5, 5.41) is 12.1. The fourth-order valence-electron chi connectivity index (χ4n) is 2.69. The third-order valence-corrected chi connectivity index (χ3v) is 4.37. The number of aryl methyl sites for hydroxylation is 2. The maximum absolute atomic E-state index is 12.3. The van der Waals surface area contributed by atoms with E-state index >= 15 is 0 Å². The van der Waals surface area contributed by atoms with E-state index < -0.39 is 5.92 Å². The van der Waals surface area contributed by atoms with E-state index in [0.717, 1.165) is 16.8 Å². The summed E-state index contributed by atoms with van der Waals surface area (Å²) in [5.41, 5.74) is 3.04. The number of nitrogens with one attached hydrogen (secondary N) is 1. The lowest BCUT2D eigenvalue weighted by atomic mass is 9.93. The van der Waals surface area contributed by atoms with Crippen molar-refractivity contribution in [2.45, 2.75) is 33.6 Å². The Kier molecular flexibility index (Phi) is 6.28. The van der Waals surface area contributed by atoms with Crippen LogP contribution >= 0.6 is 0 Å². The summed E-state index contributed by atoms with van der Waals surface area (Å²) in [6.45, 7) is 5.36. The third-order valence-electron chi connectivity index (χ3n) is 4.37. The molecule has 0 spiro atoms. The number of hydrogen-bond donors (Lipinski definition) is 2. The molecule has 2 N–H and O–H groups in total. The Hall–Kier alpha value is -2.95. The second kappa shape index (κ2) is 8.43. The quantitative estimate of drug-likeness (QED) is 0.585. The van der Waals surface area contributed by atoms with Crippen LogP contribution in [0, 0.1) is 19.8 Å². The van der Waals surface area contributed by atoms with Gasteiger partial charge in [0.15, 0.2) is 5.78 Å². The van der Waals surface area contributed by atoms with Gasteiger partial charge < -0.3 is 10.4 Å². The molecule has 0 saturated heterocycles. The standard InChI is InChI=1S/C21H23NO4/c1-13-5-4-6-14(2)20(13)22-19(25)12-11-18(24)15(3)21(26)16-7-9-17(23)10-8-16/h4-10,15,23H,11-12H2,1-3H3,(H,22,25)/t15-/m0/s1. The number of phenolic OH excluding ortho intramolecular Hbond substituents is 1. The number of hydrogen-bond acceptors (Lipinski definition) is 4. The molecule has 2 rings (SSSR count). The zero-order valence-corrected chi connectivity index (χ0v) is 15.2. The number of carbonyl (C=O) groups excluding carboxylic acids is 3. The Morgan fingerprint density at radius 1 is 0.962 bits per heavy atom. The van der Waals surface area contributed by atoms with Crippen molar-refractivity contribution in [2.75, 3.05) is 5.32 Å². The van der Waals surface area contributed by atoms with Gasteiger partial charge in [-0.3, -0.25) is 14.4 Å². The van der Waals surface area contributed by atoms with Crippen molar-refractivity contribution in [3.63, 3.8) is 0 Å². The molecule has 0 saturated carbocycles. The Bertz CT molecular complexity index is 804. The van der Waals surface area contributed by atoms with Crippen LogP contribution in [0.2, 0.25) is 0 Å². The molecule has 5 heteroatoms. The van der Waals surface area contributed by atoms with Gasteiger partial charge in [-0.25, -0.2) is 0 Å². The maximum atomic E-state index is 12.3. The number of carbonyl (C=O) groups is 3. The second-order valence-corrected chi connectivity index (χ2v) is 6.41. The number of benzene rings is 2. The van der Waals surface area contributed by atoms with Crippen LogP contribution in [-0.4, -0.2) is 22.6 Å². The Labute approximate surface area is 153 Å². The minimum atomic E-state index is -0.826. The number of ketones is 2. The van der Waals surface area contributed by atoms with Gasteiger partial charge in [0.2, 0.25) is 5.91 Å². The molecule has 1 atom stereocenters. The van der Waals surface area contributed by atoms with Crippen molar-refractivity contribution < 1.29 is 19.5 Å². The van der Waals surface area contributed by atoms with Gasteiger partial charge in [0.25, 0.3) is 0 Å². The smallest absolute Gasteiger partial charge is 0.224 e. The number of amides is 1. The SMILES string of the molecule is Cc1cccc(C)c1NC(=O)CCC(=O)[C@H](C)C(=O)c1ccc(O)cc1. The molecule has 5 nitrogen and oxygen atoms in total. The number of Topliss-reactive ketones (excluding diaryl/α,β-unsaturated/α-hetero) is 2. The summed E-state index contributed by atoms with van der Waals surface area (Å²) in [7, 11) is 0. The van der Waals surface area contributed by atoms with Crippen LogP contribution in [0.15, 0.2) is 42.5 Å². The summed E-state index contributed by atoms with van der Waals surface area (Å²) in [5.74, 6) is -1.61. The highest BCUT2D eigenvalue weighted by Crippen LogP contribution is 2.20. The molecule has 0 radical (unpaired) electrons.